The molecule has 0 aromatic rings. The smallest absolute Gasteiger partial charge is 0.326 e. The Hall–Kier alpha value is -1.79. The van der Waals surface area contributed by atoms with E-state index in [-0.39, 0.29) is 11.8 Å². The first-order valence-corrected chi connectivity index (χ1v) is 6.24. The van der Waals surface area contributed by atoms with Gasteiger partial charge < -0.3 is 21.5 Å². The molecular weight excluding hydrogens is 250 g/mol. The Morgan fingerprint density at radius 3 is 1.95 bits per heavy atom. The summed E-state index contributed by atoms with van der Waals surface area (Å²) >= 11 is 0. The molecule has 0 aromatic carbocycles. The lowest BCUT2D eigenvalue weighted by Crippen LogP contribution is -2.54. The third-order valence-corrected chi connectivity index (χ3v) is 2.57. The van der Waals surface area contributed by atoms with Crippen LogP contribution in [0.5, 0.6) is 0 Å². The number of primary amides is 1. The van der Waals surface area contributed by atoms with Crippen molar-refractivity contribution in [1.82, 2.24) is 10.6 Å². The maximum absolute atomic E-state index is 12.0. The number of nitrogens with one attached hydrogen (secondary N) is 2. The first-order valence-electron chi connectivity index (χ1n) is 6.24. The fourth-order valence-corrected chi connectivity index (χ4v) is 1.64. The average molecular weight is 273 g/mol. The Kier molecular flexibility index (Phi) is 6.89. The van der Waals surface area contributed by atoms with Crippen LogP contribution in [-0.2, 0) is 9.59 Å². The van der Waals surface area contributed by atoms with E-state index in [4.69, 9.17) is 10.8 Å². The first kappa shape index (κ1) is 17.2. The van der Waals surface area contributed by atoms with Gasteiger partial charge in [0.2, 0.25) is 5.91 Å². The summed E-state index contributed by atoms with van der Waals surface area (Å²) in [6.45, 7) is 7.20. The van der Waals surface area contributed by atoms with E-state index in [0.29, 0.717) is 6.42 Å². The predicted octanol–water partition coefficient (Wildman–Crippen LogP) is 0.295. The van der Waals surface area contributed by atoms with Gasteiger partial charge in [-0.15, -0.1) is 0 Å². The summed E-state index contributed by atoms with van der Waals surface area (Å²) in [7, 11) is 0. The lowest BCUT2D eigenvalue weighted by Gasteiger charge is -2.23. The molecule has 0 saturated carbocycles. The molecule has 0 radical (unpaired) electrons. The molecule has 0 rings (SSSR count). The van der Waals surface area contributed by atoms with Crippen LogP contribution in [0, 0.1) is 11.8 Å². The van der Waals surface area contributed by atoms with Crippen molar-refractivity contribution in [2.24, 2.45) is 17.6 Å². The van der Waals surface area contributed by atoms with Gasteiger partial charge in [0, 0.05) is 0 Å². The summed E-state index contributed by atoms with van der Waals surface area (Å²) in [4.78, 5) is 33.9. The number of carbonyl (C=O) groups excluding carboxylic acids is 2. The monoisotopic (exact) mass is 273 g/mol. The maximum atomic E-state index is 12.0. The maximum Gasteiger partial charge on any atom is 0.326 e. The van der Waals surface area contributed by atoms with E-state index in [0.717, 1.165) is 0 Å². The molecule has 0 bridgehead atoms. The van der Waals surface area contributed by atoms with Crippen molar-refractivity contribution in [3.63, 3.8) is 0 Å². The van der Waals surface area contributed by atoms with Gasteiger partial charge in [-0.3, -0.25) is 4.79 Å². The molecule has 7 heteroatoms. The van der Waals surface area contributed by atoms with Crippen molar-refractivity contribution in [2.75, 3.05) is 0 Å². The van der Waals surface area contributed by atoms with Crippen molar-refractivity contribution >= 4 is 17.9 Å². The van der Waals surface area contributed by atoms with E-state index < -0.39 is 30.0 Å². The van der Waals surface area contributed by atoms with Gasteiger partial charge in [0.1, 0.15) is 12.1 Å². The number of urea groups is 1. The van der Waals surface area contributed by atoms with Crippen LogP contribution in [-0.4, -0.2) is 35.1 Å². The molecule has 1 unspecified atom stereocenters. The van der Waals surface area contributed by atoms with E-state index in [1.54, 1.807) is 13.8 Å². The van der Waals surface area contributed by atoms with Crippen molar-refractivity contribution in [3.05, 3.63) is 0 Å². The van der Waals surface area contributed by atoms with Crippen molar-refractivity contribution in [3.8, 4) is 0 Å². The second-order valence-electron chi connectivity index (χ2n) is 5.26. The normalized spacial score (nSPS) is 14.0. The Morgan fingerprint density at radius 2 is 1.63 bits per heavy atom. The molecule has 0 aromatic heterocycles. The molecule has 0 aliphatic carbocycles. The second-order valence-corrected chi connectivity index (χ2v) is 5.26. The van der Waals surface area contributed by atoms with Gasteiger partial charge in [-0.1, -0.05) is 27.7 Å². The molecule has 7 nitrogen and oxygen atoms in total. The lowest BCUT2D eigenvalue weighted by molar-refractivity contribution is -0.142. The number of amides is 3. The highest BCUT2D eigenvalue weighted by molar-refractivity contribution is 5.89. The van der Waals surface area contributed by atoms with Crippen molar-refractivity contribution in [1.29, 1.82) is 0 Å². The first-order chi connectivity index (χ1) is 8.65. The lowest BCUT2D eigenvalue weighted by atomic mass is 10.0. The van der Waals surface area contributed by atoms with Crippen LogP contribution in [0.2, 0.25) is 0 Å². The molecule has 3 amide bonds. The Balaban J connectivity index is 4.75. The molecule has 0 spiro atoms. The number of carbonyl (C=O) groups is 3. The summed E-state index contributed by atoms with van der Waals surface area (Å²) in [5, 5.41) is 13.8. The zero-order valence-corrected chi connectivity index (χ0v) is 11.8. The molecule has 5 N–H and O–H groups in total. The van der Waals surface area contributed by atoms with Crippen LogP contribution in [0.3, 0.4) is 0 Å². The van der Waals surface area contributed by atoms with E-state index in [9.17, 15) is 14.4 Å². The highest BCUT2D eigenvalue weighted by Gasteiger charge is 2.28. The van der Waals surface area contributed by atoms with Crippen LogP contribution in [0.15, 0.2) is 0 Å². The van der Waals surface area contributed by atoms with Crippen molar-refractivity contribution in [2.45, 2.75) is 46.2 Å². The summed E-state index contributed by atoms with van der Waals surface area (Å²) in [5.41, 5.74) is 4.99. The van der Waals surface area contributed by atoms with Crippen LogP contribution >= 0.6 is 0 Å². The molecule has 0 aliphatic heterocycles. The van der Waals surface area contributed by atoms with Crippen LogP contribution in [0.25, 0.3) is 0 Å². The van der Waals surface area contributed by atoms with Crippen LogP contribution in [0.4, 0.5) is 4.79 Å². The van der Waals surface area contributed by atoms with Gasteiger partial charge in [0.25, 0.3) is 0 Å². The number of aliphatic carboxylic acids is 1. The molecule has 110 valence electrons. The Labute approximate surface area is 112 Å². The highest BCUT2D eigenvalue weighted by Crippen LogP contribution is 2.07. The predicted molar refractivity (Wildman–Crippen MR) is 70.4 cm³/mol. The molecule has 0 fully saturated rings. The fourth-order valence-electron chi connectivity index (χ4n) is 1.64. The van der Waals surface area contributed by atoms with Gasteiger partial charge in [0.15, 0.2) is 0 Å². The number of carboxylic acids is 1. The summed E-state index contributed by atoms with van der Waals surface area (Å²) < 4.78 is 0. The van der Waals surface area contributed by atoms with Gasteiger partial charge >= 0.3 is 12.0 Å². The molecular formula is C12H23N3O4. The number of hydrogen-bond acceptors (Lipinski definition) is 3. The number of rotatable bonds is 7. The zero-order valence-electron chi connectivity index (χ0n) is 11.8. The van der Waals surface area contributed by atoms with Gasteiger partial charge in [0.05, 0.1) is 0 Å². The average Bonchev–Trinajstić information content (AvgIpc) is 2.23. The topological polar surface area (TPSA) is 122 Å². The summed E-state index contributed by atoms with van der Waals surface area (Å²) in [6, 6.07) is -2.63. The number of carboxylic acid groups (broad SMARTS) is 1. The van der Waals surface area contributed by atoms with Crippen LogP contribution < -0.4 is 16.4 Å². The van der Waals surface area contributed by atoms with E-state index in [1.807, 2.05) is 13.8 Å². The van der Waals surface area contributed by atoms with Gasteiger partial charge in [-0.25, -0.2) is 9.59 Å². The van der Waals surface area contributed by atoms with E-state index in [2.05, 4.69) is 10.6 Å². The van der Waals surface area contributed by atoms with Gasteiger partial charge in [-0.2, -0.15) is 0 Å². The minimum absolute atomic E-state index is 0.128. The van der Waals surface area contributed by atoms with Crippen molar-refractivity contribution < 1.29 is 19.5 Å². The molecule has 2 atom stereocenters. The van der Waals surface area contributed by atoms with Gasteiger partial charge in [-0.05, 0) is 18.3 Å². The quantitative estimate of drug-likeness (QED) is 0.532. The molecule has 0 saturated heterocycles. The molecule has 0 aliphatic rings. The number of nitrogens with two attached hydrogens (primary N) is 1. The third-order valence-electron chi connectivity index (χ3n) is 2.57. The second kappa shape index (κ2) is 7.60. The molecule has 0 heterocycles. The minimum atomic E-state index is -1.09. The summed E-state index contributed by atoms with van der Waals surface area (Å²) in [6.07, 6.45) is 0.322. The highest BCUT2D eigenvalue weighted by atomic mass is 16.4. The van der Waals surface area contributed by atoms with E-state index >= 15 is 0 Å². The Bertz CT molecular complexity index is 342. The van der Waals surface area contributed by atoms with E-state index in [1.165, 1.54) is 0 Å². The minimum Gasteiger partial charge on any atom is -0.480 e. The fraction of sp³-hybridized carbons (Fsp3) is 0.750. The van der Waals surface area contributed by atoms with Crippen LogP contribution in [0.1, 0.15) is 34.1 Å². The molecule has 19 heavy (non-hydrogen) atoms. The third kappa shape index (κ3) is 6.64. The Morgan fingerprint density at radius 1 is 1.11 bits per heavy atom. The summed E-state index contributed by atoms with van der Waals surface area (Å²) in [5.74, 6) is -1.70. The standard InChI is InChI=1S/C12H23N3O4/c1-6(2)5-8(11(17)18)14-10(16)9(7(3)4)15-12(13)19/h6-9H,5H2,1-4H3,(H,14,16)(H,17,18)(H3,13,15,19)/t8-,9?/m0/s1. The SMILES string of the molecule is CC(C)C[C@H](NC(=O)C(NC(N)=O)C(C)C)C(=O)O. The largest absolute Gasteiger partial charge is 0.480 e. The zero-order chi connectivity index (χ0) is 15.2. The number of hydrogen-bond donors (Lipinski definition) is 4.